The van der Waals surface area contributed by atoms with Gasteiger partial charge in [-0.2, -0.15) is 0 Å². The summed E-state index contributed by atoms with van der Waals surface area (Å²) in [5.74, 6) is 2.12. The van der Waals surface area contributed by atoms with E-state index in [-0.39, 0.29) is 12.5 Å². The Morgan fingerprint density at radius 2 is 1.71 bits per heavy atom. The van der Waals surface area contributed by atoms with E-state index in [0.717, 1.165) is 21.3 Å². The van der Waals surface area contributed by atoms with Gasteiger partial charge in [0.25, 0.3) is 5.91 Å². The van der Waals surface area contributed by atoms with E-state index in [1.165, 1.54) is 7.11 Å². The fraction of sp³-hybridized carbons (Fsp3) is 0.192. The lowest BCUT2D eigenvalue weighted by Gasteiger charge is -2.12. The van der Waals surface area contributed by atoms with Gasteiger partial charge < -0.3 is 19.4 Å². The first-order valence-electron chi connectivity index (χ1n) is 10.9. The van der Waals surface area contributed by atoms with Gasteiger partial charge in [-0.25, -0.2) is 0 Å². The Bertz CT molecular complexity index is 1300. The Balaban J connectivity index is 1.52. The van der Waals surface area contributed by atoms with Gasteiger partial charge in [0.2, 0.25) is 0 Å². The molecular weight excluding hydrogens is 484 g/mol. The molecule has 0 spiro atoms. The lowest BCUT2D eigenvalue weighted by atomic mass is 10.2. The second-order valence-corrected chi connectivity index (χ2v) is 8.95. The van der Waals surface area contributed by atoms with Crippen LogP contribution in [0.1, 0.15) is 27.3 Å². The van der Waals surface area contributed by atoms with E-state index >= 15 is 0 Å². The van der Waals surface area contributed by atoms with E-state index in [1.807, 2.05) is 47.0 Å². The number of hydrogen-bond acceptors (Lipinski definition) is 6. The third-order valence-electron chi connectivity index (χ3n) is 5.34. The van der Waals surface area contributed by atoms with Crippen molar-refractivity contribution in [2.45, 2.75) is 24.0 Å². The van der Waals surface area contributed by atoms with Crippen molar-refractivity contribution in [3.63, 3.8) is 0 Å². The molecule has 9 heteroatoms. The minimum atomic E-state index is -0.245. The number of aromatic nitrogens is 3. The van der Waals surface area contributed by atoms with Crippen LogP contribution in [0, 0.1) is 0 Å². The molecular formula is C26H25ClN4O3S. The van der Waals surface area contributed by atoms with Crippen molar-refractivity contribution in [3.05, 3.63) is 100 Å². The average Bonchev–Trinajstić information content (AvgIpc) is 3.27. The van der Waals surface area contributed by atoms with Crippen molar-refractivity contribution >= 4 is 29.3 Å². The number of ether oxygens (including phenoxy) is 2. The second kappa shape index (κ2) is 11.8. The normalized spacial score (nSPS) is 10.7. The summed E-state index contributed by atoms with van der Waals surface area (Å²) >= 11 is 7.88. The summed E-state index contributed by atoms with van der Waals surface area (Å²) in [6.07, 6.45) is 0. The summed E-state index contributed by atoms with van der Waals surface area (Å²) in [5, 5.41) is 13.2. The highest BCUT2D eigenvalue weighted by Crippen LogP contribution is 2.28. The Hall–Kier alpha value is -3.49. The van der Waals surface area contributed by atoms with E-state index in [0.29, 0.717) is 35.2 Å². The van der Waals surface area contributed by atoms with Crippen LogP contribution < -0.4 is 14.8 Å². The number of thioether (sulfide) groups is 1. The minimum Gasteiger partial charge on any atom is -0.493 e. The number of hydrogen-bond donors (Lipinski definition) is 1. The van der Waals surface area contributed by atoms with Gasteiger partial charge in [0.1, 0.15) is 0 Å². The molecule has 0 saturated carbocycles. The van der Waals surface area contributed by atoms with Gasteiger partial charge in [-0.1, -0.05) is 71.9 Å². The Labute approximate surface area is 213 Å². The van der Waals surface area contributed by atoms with Gasteiger partial charge in [0, 0.05) is 16.3 Å². The third kappa shape index (κ3) is 6.15. The lowest BCUT2D eigenvalue weighted by molar-refractivity contribution is 0.0949. The van der Waals surface area contributed by atoms with Crippen LogP contribution >= 0.6 is 23.4 Å². The lowest BCUT2D eigenvalue weighted by Crippen LogP contribution is -2.25. The van der Waals surface area contributed by atoms with Crippen LogP contribution in [-0.4, -0.2) is 34.9 Å². The first kappa shape index (κ1) is 24.6. The van der Waals surface area contributed by atoms with E-state index in [2.05, 4.69) is 27.6 Å². The van der Waals surface area contributed by atoms with Crippen LogP contribution in [0.5, 0.6) is 11.5 Å². The maximum absolute atomic E-state index is 12.8. The van der Waals surface area contributed by atoms with Crippen molar-refractivity contribution in [1.82, 2.24) is 20.1 Å². The third-order valence-corrected chi connectivity index (χ3v) is 6.73. The number of amides is 1. The van der Waals surface area contributed by atoms with Crippen LogP contribution in [0.4, 0.5) is 0 Å². The molecule has 0 atom stereocenters. The molecule has 0 fully saturated rings. The zero-order valence-corrected chi connectivity index (χ0v) is 21.0. The zero-order chi connectivity index (χ0) is 24.6. The van der Waals surface area contributed by atoms with E-state index in [4.69, 9.17) is 21.1 Å². The van der Waals surface area contributed by atoms with Crippen molar-refractivity contribution in [2.24, 2.45) is 0 Å². The molecule has 0 aliphatic carbocycles. The molecule has 0 bridgehead atoms. The summed E-state index contributed by atoms with van der Waals surface area (Å²) in [5.41, 5.74) is 2.60. The van der Waals surface area contributed by atoms with E-state index in [9.17, 15) is 4.79 Å². The maximum Gasteiger partial charge on any atom is 0.251 e. The summed E-state index contributed by atoms with van der Waals surface area (Å²) < 4.78 is 12.6. The Morgan fingerprint density at radius 3 is 2.46 bits per heavy atom. The van der Waals surface area contributed by atoms with Gasteiger partial charge in [0.15, 0.2) is 22.5 Å². The number of halogens is 1. The largest absolute Gasteiger partial charge is 0.493 e. The Kier molecular flexibility index (Phi) is 8.28. The van der Waals surface area contributed by atoms with Crippen molar-refractivity contribution in [2.75, 3.05) is 14.2 Å². The van der Waals surface area contributed by atoms with Crippen LogP contribution in [0.3, 0.4) is 0 Å². The molecule has 1 aromatic heterocycles. The van der Waals surface area contributed by atoms with Crippen LogP contribution in [0.2, 0.25) is 5.02 Å². The second-order valence-electron chi connectivity index (χ2n) is 7.60. The van der Waals surface area contributed by atoms with E-state index < -0.39 is 0 Å². The predicted molar refractivity (Wildman–Crippen MR) is 137 cm³/mol. The van der Waals surface area contributed by atoms with Crippen molar-refractivity contribution in [3.8, 4) is 11.5 Å². The number of nitrogens with zero attached hydrogens (tertiary/aromatic N) is 3. The Morgan fingerprint density at radius 1 is 0.971 bits per heavy atom. The van der Waals surface area contributed by atoms with Gasteiger partial charge in [0.05, 0.1) is 27.3 Å². The average molecular weight is 509 g/mol. The fourth-order valence-corrected chi connectivity index (χ4v) is 4.72. The molecule has 1 heterocycles. The quantitative estimate of drug-likeness (QED) is 0.296. The molecule has 0 unspecified atom stereocenters. The topological polar surface area (TPSA) is 78.3 Å². The standard InChI is InChI=1S/C26H25ClN4O3S/c1-33-22-13-12-19(14-23(22)34-2)25(32)28-15-24-29-30-26(31(24)16-18-8-4-3-5-9-18)35-17-20-10-6-7-11-21(20)27/h3-14H,15-17H2,1-2H3,(H,28,32). The van der Waals surface area contributed by atoms with E-state index in [1.54, 1.807) is 37.1 Å². The maximum atomic E-state index is 12.8. The zero-order valence-electron chi connectivity index (χ0n) is 19.4. The number of methoxy groups -OCH3 is 2. The van der Waals surface area contributed by atoms with Crippen LogP contribution in [0.15, 0.2) is 78.0 Å². The van der Waals surface area contributed by atoms with Crippen molar-refractivity contribution in [1.29, 1.82) is 0 Å². The number of nitrogens with one attached hydrogen (secondary N) is 1. The van der Waals surface area contributed by atoms with Crippen molar-refractivity contribution < 1.29 is 14.3 Å². The molecule has 180 valence electrons. The molecule has 4 rings (SSSR count). The van der Waals surface area contributed by atoms with Gasteiger partial charge in [-0.05, 0) is 35.4 Å². The van der Waals surface area contributed by atoms with Gasteiger partial charge in [-0.15, -0.1) is 10.2 Å². The summed E-state index contributed by atoms with van der Waals surface area (Å²) in [7, 11) is 3.09. The SMILES string of the molecule is COc1ccc(C(=O)NCc2nnc(SCc3ccccc3Cl)n2Cc2ccccc2)cc1OC. The molecule has 7 nitrogen and oxygen atoms in total. The molecule has 1 N–H and O–H groups in total. The monoisotopic (exact) mass is 508 g/mol. The molecule has 0 radical (unpaired) electrons. The van der Waals surface area contributed by atoms with Crippen LogP contribution in [0.25, 0.3) is 0 Å². The van der Waals surface area contributed by atoms with Gasteiger partial charge in [-0.3, -0.25) is 4.79 Å². The molecule has 0 aliphatic rings. The first-order valence-corrected chi connectivity index (χ1v) is 12.3. The number of benzene rings is 3. The summed E-state index contributed by atoms with van der Waals surface area (Å²) in [6.45, 7) is 0.805. The smallest absolute Gasteiger partial charge is 0.251 e. The highest BCUT2D eigenvalue weighted by Gasteiger charge is 2.16. The molecule has 3 aromatic carbocycles. The first-order chi connectivity index (χ1) is 17.1. The van der Waals surface area contributed by atoms with Crippen LogP contribution in [-0.2, 0) is 18.8 Å². The number of rotatable bonds is 10. The highest BCUT2D eigenvalue weighted by molar-refractivity contribution is 7.98. The minimum absolute atomic E-state index is 0.222. The predicted octanol–water partition coefficient (Wildman–Crippen LogP) is 5.22. The molecule has 0 saturated heterocycles. The fourth-order valence-electron chi connectivity index (χ4n) is 3.48. The summed E-state index contributed by atoms with van der Waals surface area (Å²) in [4.78, 5) is 12.8. The highest BCUT2D eigenvalue weighted by atomic mass is 35.5. The summed E-state index contributed by atoms with van der Waals surface area (Å²) in [6, 6.07) is 22.9. The molecule has 35 heavy (non-hydrogen) atoms. The number of carbonyl (C=O) groups is 1. The number of carbonyl (C=O) groups excluding carboxylic acids is 1. The molecule has 4 aromatic rings. The van der Waals surface area contributed by atoms with Gasteiger partial charge >= 0.3 is 0 Å². The molecule has 1 amide bonds. The molecule has 0 aliphatic heterocycles.